The van der Waals surface area contributed by atoms with Gasteiger partial charge in [0.1, 0.15) is 17.9 Å². The van der Waals surface area contributed by atoms with E-state index in [9.17, 15) is 22.7 Å². The average Bonchev–Trinajstić information content (AvgIpc) is 3.23. The van der Waals surface area contributed by atoms with E-state index in [2.05, 4.69) is 15.5 Å². The number of alkyl halides is 5. The number of hydrogen-bond acceptors (Lipinski definition) is 5. The van der Waals surface area contributed by atoms with Gasteiger partial charge in [0.2, 0.25) is 0 Å². The molecule has 3 aliphatic carbocycles. The zero-order chi connectivity index (χ0) is 26.0. The van der Waals surface area contributed by atoms with E-state index < -0.39 is 53.1 Å². The minimum atomic E-state index is -4.48. The summed E-state index contributed by atoms with van der Waals surface area (Å²) in [6.45, 7) is -2.24. The van der Waals surface area contributed by atoms with Crippen molar-refractivity contribution in [2.24, 2.45) is 5.41 Å². The number of nitrogens with zero attached hydrogens (tertiary/aromatic N) is 4. The molecule has 1 atom stereocenters. The smallest absolute Gasteiger partial charge is 0.422 e. The number of benzene rings is 2. The zero-order valence-corrected chi connectivity index (χ0v) is 19.2. The molecule has 0 spiro atoms. The van der Waals surface area contributed by atoms with E-state index in [4.69, 9.17) is 16.3 Å². The van der Waals surface area contributed by atoms with E-state index in [1.807, 2.05) is 0 Å². The third kappa shape index (κ3) is 3.81. The summed E-state index contributed by atoms with van der Waals surface area (Å²) in [5.41, 5.74) is -5.16. The summed E-state index contributed by atoms with van der Waals surface area (Å²) in [7, 11) is 0. The molecule has 1 heterocycles. The highest BCUT2D eigenvalue weighted by molar-refractivity contribution is 6.30. The molecular weight excluding hydrogens is 514 g/mol. The van der Waals surface area contributed by atoms with Crippen LogP contribution in [0.3, 0.4) is 0 Å². The maximum Gasteiger partial charge on any atom is 0.422 e. The predicted octanol–water partition coefficient (Wildman–Crippen LogP) is 5.05. The molecule has 0 aliphatic heterocycles. The lowest BCUT2D eigenvalue weighted by molar-refractivity contribution is -0.347. The topological polar surface area (TPSA) is 73.1 Å². The standard InChI is InChI=1S/C23H19ClF6N4O2/c24-15-3-6-17(18(25)7-15)21(35,11-34-13-31-32-33-34)23(29,30)20-8-19(9-20,10-20)14-1-4-16(5-2-14)36-12-22(26,27)28/h1-7,13,35H,8-12H2/t19?,20?,21-/m0/s1. The number of hydrogen-bond donors (Lipinski definition) is 1. The molecule has 3 aliphatic rings. The lowest BCUT2D eigenvalue weighted by Crippen LogP contribution is -2.76. The minimum Gasteiger partial charge on any atom is -0.484 e. The maximum atomic E-state index is 16.2. The Morgan fingerprint density at radius 3 is 2.25 bits per heavy atom. The molecule has 0 amide bonds. The van der Waals surface area contributed by atoms with Crippen LogP contribution in [0, 0.1) is 11.2 Å². The molecule has 6 nitrogen and oxygen atoms in total. The third-order valence-electron chi connectivity index (χ3n) is 7.24. The fourth-order valence-electron chi connectivity index (χ4n) is 5.60. The SMILES string of the molecule is O[C@@](Cn1cnnn1)(c1ccc(Cl)cc1F)C(F)(F)C12CC(c3ccc(OCC(F)(F)F)cc3)(C1)C2. The quantitative estimate of drug-likeness (QED) is 0.411. The summed E-state index contributed by atoms with van der Waals surface area (Å²) < 4.78 is 89.9. The van der Waals surface area contributed by atoms with Gasteiger partial charge in [-0.3, -0.25) is 0 Å². The number of rotatable bonds is 8. The number of halogens is 7. The normalized spacial score (nSPS) is 25.0. The molecule has 2 bridgehead atoms. The van der Waals surface area contributed by atoms with Gasteiger partial charge in [0.15, 0.2) is 12.2 Å². The summed E-state index contributed by atoms with van der Waals surface area (Å²) in [5, 5.41) is 21.8. The van der Waals surface area contributed by atoms with Crippen LogP contribution in [0.1, 0.15) is 30.4 Å². The first kappa shape index (κ1) is 24.8. The van der Waals surface area contributed by atoms with Crippen LogP contribution in [0.5, 0.6) is 5.75 Å². The Morgan fingerprint density at radius 1 is 1.03 bits per heavy atom. The molecule has 1 N–H and O–H groups in total. The van der Waals surface area contributed by atoms with Gasteiger partial charge in [0, 0.05) is 16.0 Å². The van der Waals surface area contributed by atoms with Crippen LogP contribution in [-0.2, 0) is 17.6 Å². The highest BCUT2D eigenvalue weighted by atomic mass is 35.5. The number of aliphatic hydroxyl groups is 1. The van der Waals surface area contributed by atoms with E-state index >= 15 is 8.78 Å². The number of aromatic nitrogens is 4. The minimum absolute atomic E-state index is 0.00286. The van der Waals surface area contributed by atoms with Crippen LogP contribution in [-0.4, -0.2) is 44.0 Å². The molecule has 0 radical (unpaired) electrons. The number of tetrazole rings is 1. The van der Waals surface area contributed by atoms with Gasteiger partial charge in [0.05, 0.1) is 6.54 Å². The van der Waals surface area contributed by atoms with E-state index in [1.165, 1.54) is 18.2 Å². The molecule has 0 saturated heterocycles. The molecular formula is C23H19ClF6N4O2. The Balaban J connectivity index is 1.39. The lowest BCUT2D eigenvalue weighted by Gasteiger charge is -2.74. The first-order chi connectivity index (χ1) is 16.8. The van der Waals surface area contributed by atoms with Crippen molar-refractivity contribution < 1.29 is 36.2 Å². The van der Waals surface area contributed by atoms with E-state index in [0.717, 1.165) is 23.1 Å². The van der Waals surface area contributed by atoms with E-state index in [1.54, 1.807) is 12.1 Å². The van der Waals surface area contributed by atoms with Crippen molar-refractivity contribution >= 4 is 11.6 Å². The summed E-state index contributed by atoms with van der Waals surface area (Å²) >= 11 is 5.79. The van der Waals surface area contributed by atoms with Crippen molar-refractivity contribution in [3.63, 3.8) is 0 Å². The third-order valence-corrected chi connectivity index (χ3v) is 7.48. The van der Waals surface area contributed by atoms with Gasteiger partial charge in [-0.1, -0.05) is 29.8 Å². The van der Waals surface area contributed by atoms with Gasteiger partial charge in [-0.15, -0.1) is 5.10 Å². The van der Waals surface area contributed by atoms with Crippen LogP contribution in [0.25, 0.3) is 0 Å². The predicted molar refractivity (Wildman–Crippen MR) is 114 cm³/mol. The van der Waals surface area contributed by atoms with Crippen molar-refractivity contribution in [3.8, 4) is 5.75 Å². The summed E-state index contributed by atoms with van der Waals surface area (Å²) in [6, 6.07) is 8.93. The van der Waals surface area contributed by atoms with Crippen LogP contribution in [0.15, 0.2) is 48.8 Å². The van der Waals surface area contributed by atoms with Crippen molar-refractivity contribution in [2.75, 3.05) is 6.61 Å². The highest BCUT2D eigenvalue weighted by Gasteiger charge is 2.82. The van der Waals surface area contributed by atoms with Crippen molar-refractivity contribution in [1.82, 2.24) is 20.2 Å². The Labute approximate surface area is 205 Å². The Bertz CT molecular complexity index is 1250. The van der Waals surface area contributed by atoms with E-state index in [0.29, 0.717) is 5.56 Å². The average molecular weight is 533 g/mol. The fourth-order valence-corrected chi connectivity index (χ4v) is 5.76. The number of ether oxygens (including phenoxy) is 1. The molecule has 0 unspecified atom stereocenters. The van der Waals surface area contributed by atoms with Crippen LogP contribution in [0.4, 0.5) is 26.3 Å². The molecule has 3 fully saturated rings. The van der Waals surface area contributed by atoms with Crippen LogP contribution < -0.4 is 4.74 Å². The molecule has 13 heteroatoms. The molecule has 6 rings (SSSR count). The van der Waals surface area contributed by atoms with Crippen molar-refractivity contribution in [2.45, 2.75) is 48.9 Å². The van der Waals surface area contributed by atoms with Crippen molar-refractivity contribution in [1.29, 1.82) is 0 Å². The fraction of sp³-hybridized carbons (Fsp3) is 0.435. The summed E-state index contributed by atoms with van der Waals surface area (Å²) in [4.78, 5) is 0. The zero-order valence-electron chi connectivity index (χ0n) is 18.4. The Morgan fingerprint density at radius 2 is 1.69 bits per heavy atom. The second kappa shape index (κ2) is 8.07. The van der Waals surface area contributed by atoms with Crippen LogP contribution >= 0.6 is 11.6 Å². The second-order valence-electron chi connectivity index (χ2n) is 9.59. The molecule has 1 aromatic heterocycles. The molecule has 3 saturated carbocycles. The molecule has 3 aromatic rings. The summed E-state index contributed by atoms with van der Waals surface area (Å²) in [5.74, 6) is -4.87. The van der Waals surface area contributed by atoms with Crippen molar-refractivity contribution in [3.05, 3.63) is 70.8 Å². The van der Waals surface area contributed by atoms with E-state index in [-0.39, 0.29) is 30.0 Å². The monoisotopic (exact) mass is 532 g/mol. The highest BCUT2D eigenvalue weighted by Crippen LogP contribution is 2.80. The van der Waals surface area contributed by atoms with Crippen LogP contribution in [0.2, 0.25) is 5.02 Å². The first-order valence-electron chi connectivity index (χ1n) is 10.9. The van der Waals surface area contributed by atoms with Gasteiger partial charge in [0.25, 0.3) is 5.92 Å². The van der Waals surface area contributed by atoms with Gasteiger partial charge >= 0.3 is 6.18 Å². The Hall–Kier alpha value is -2.86. The first-order valence-corrected chi connectivity index (χ1v) is 11.2. The van der Waals surface area contributed by atoms with Gasteiger partial charge in [-0.25, -0.2) is 17.9 Å². The molecule has 192 valence electrons. The second-order valence-corrected chi connectivity index (χ2v) is 10.0. The lowest BCUT2D eigenvalue weighted by atomic mass is 9.30. The largest absolute Gasteiger partial charge is 0.484 e. The van der Waals surface area contributed by atoms with Gasteiger partial charge in [-0.05, 0) is 64.9 Å². The van der Waals surface area contributed by atoms with Gasteiger partial charge in [-0.2, -0.15) is 13.2 Å². The Kier molecular flexibility index (Phi) is 5.56. The maximum absolute atomic E-state index is 16.2. The summed E-state index contributed by atoms with van der Waals surface area (Å²) in [6.07, 6.45) is -3.43. The molecule has 36 heavy (non-hydrogen) atoms. The molecule has 2 aromatic carbocycles. The van der Waals surface area contributed by atoms with Gasteiger partial charge < -0.3 is 9.84 Å².